The lowest BCUT2D eigenvalue weighted by molar-refractivity contribution is -0.383. The molecule has 1 aromatic heterocycles. The number of nitrogens with one attached hydrogen (secondary N) is 2. The van der Waals surface area contributed by atoms with E-state index in [1.54, 1.807) is 0 Å². The highest BCUT2D eigenvalue weighted by Crippen LogP contribution is 2.34. The van der Waals surface area contributed by atoms with Crippen LogP contribution in [0.25, 0.3) is 10.8 Å². The number of benzene rings is 3. The van der Waals surface area contributed by atoms with Gasteiger partial charge in [0, 0.05) is 11.1 Å². The highest BCUT2D eigenvalue weighted by atomic mass is 16.6. The monoisotopic (exact) mass is 385 g/mol. The van der Waals surface area contributed by atoms with E-state index in [4.69, 9.17) is 0 Å². The van der Waals surface area contributed by atoms with E-state index in [2.05, 4.69) is 20.6 Å². The molecule has 4 aromatic rings. The van der Waals surface area contributed by atoms with Crippen LogP contribution in [-0.2, 0) is 0 Å². The molecule has 1 atom stereocenters. The summed E-state index contributed by atoms with van der Waals surface area (Å²) in [5, 5.41) is 20.1. The Kier molecular flexibility index (Phi) is 5.03. The lowest BCUT2D eigenvalue weighted by Gasteiger charge is -2.16. The minimum absolute atomic E-state index is 0.143. The quantitative estimate of drug-likeness (QED) is 0.338. The lowest BCUT2D eigenvalue weighted by Crippen LogP contribution is -2.11. The molecule has 0 spiro atoms. The first-order valence-corrected chi connectivity index (χ1v) is 9.19. The van der Waals surface area contributed by atoms with Crippen LogP contribution >= 0.6 is 0 Å². The van der Waals surface area contributed by atoms with Crippen LogP contribution in [0.1, 0.15) is 18.5 Å². The largest absolute Gasteiger partial charge is 0.358 e. The third-order valence-corrected chi connectivity index (χ3v) is 4.70. The van der Waals surface area contributed by atoms with Gasteiger partial charge in [-0.3, -0.25) is 10.1 Å². The summed E-state index contributed by atoms with van der Waals surface area (Å²) in [4.78, 5) is 19.7. The highest BCUT2D eigenvalue weighted by Gasteiger charge is 2.24. The fourth-order valence-electron chi connectivity index (χ4n) is 3.24. The molecule has 29 heavy (non-hydrogen) atoms. The molecule has 1 unspecified atom stereocenters. The van der Waals surface area contributed by atoms with Gasteiger partial charge in [0.05, 0.1) is 11.0 Å². The summed E-state index contributed by atoms with van der Waals surface area (Å²) >= 11 is 0. The summed E-state index contributed by atoms with van der Waals surface area (Å²) < 4.78 is 0. The minimum Gasteiger partial charge on any atom is -0.358 e. The predicted molar refractivity (Wildman–Crippen MR) is 114 cm³/mol. The topological polar surface area (TPSA) is 93.0 Å². The van der Waals surface area contributed by atoms with Crippen LogP contribution < -0.4 is 10.6 Å². The zero-order chi connectivity index (χ0) is 20.2. The Labute approximate surface area is 167 Å². The molecule has 2 N–H and O–H groups in total. The van der Waals surface area contributed by atoms with Gasteiger partial charge in [0.15, 0.2) is 0 Å². The van der Waals surface area contributed by atoms with Gasteiger partial charge in [-0.25, -0.2) is 9.97 Å². The molecule has 0 radical (unpaired) electrons. The highest BCUT2D eigenvalue weighted by molar-refractivity contribution is 5.96. The normalized spacial score (nSPS) is 11.8. The van der Waals surface area contributed by atoms with Gasteiger partial charge >= 0.3 is 5.69 Å². The Bertz CT molecular complexity index is 1160. The average molecular weight is 385 g/mol. The molecule has 4 rings (SSSR count). The molecule has 144 valence electrons. The van der Waals surface area contributed by atoms with Gasteiger partial charge in [-0.05, 0) is 23.9 Å². The van der Waals surface area contributed by atoms with Crippen molar-refractivity contribution in [2.45, 2.75) is 13.0 Å². The summed E-state index contributed by atoms with van der Waals surface area (Å²) in [7, 11) is 0. The van der Waals surface area contributed by atoms with Crippen LogP contribution in [0.2, 0.25) is 0 Å². The molecule has 1 heterocycles. The fraction of sp³-hybridized carbons (Fsp3) is 0.0909. The van der Waals surface area contributed by atoms with E-state index in [0.717, 1.165) is 22.0 Å². The molecule has 0 saturated heterocycles. The van der Waals surface area contributed by atoms with Crippen molar-refractivity contribution in [1.29, 1.82) is 0 Å². The summed E-state index contributed by atoms with van der Waals surface area (Å²) in [5.41, 5.74) is 1.55. The first-order chi connectivity index (χ1) is 14.1. The molecule has 0 fully saturated rings. The summed E-state index contributed by atoms with van der Waals surface area (Å²) in [5.74, 6) is 0.313. The smallest absolute Gasteiger partial charge is 0.353 e. The first-order valence-electron chi connectivity index (χ1n) is 9.19. The summed E-state index contributed by atoms with van der Waals surface area (Å²) in [6.45, 7) is 1.93. The molecule has 7 heteroatoms. The first kappa shape index (κ1) is 18.4. The number of fused-ring (bicyclic) bond motifs is 1. The van der Waals surface area contributed by atoms with E-state index < -0.39 is 4.92 Å². The van der Waals surface area contributed by atoms with Crippen molar-refractivity contribution in [3.63, 3.8) is 0 Å². The Morgan fingerprint density at radius 2 is 1.59 bits per heavy atom. The maximum Gasteiger partial charge on any atom is 0.353 e. The van der Waals surface area contributed by atoms with E-state index in [-0.39, 0.29) is 23.4 Å². The van der Waals surface area contributed by atoms with Crippen molar-refractivity contribution >= 4 is 33.8 Å². The molecule has 7 nitrogen and oxygen atoms in total. The summed E-state index contributed by atoms with van der Waals surface area (Å²) in [6.07, 6.45) is 1.32. The molecule has 3 aromatic carbocycles. The lowest BCUT2D eigenvalue weighted by atomic mass is 10.1. The second kappa shape index (κ2) is 7.93. The zero-order valence-corrected chi connectivity index (χ0v) is 15.7. The van der Waals surface area contributed by atoms with Crippen molar-refractivity contribution in [2.75, 3.05) is 10.6 Å². The molecular formula is C22H19N5O2. The van der Waals surface area contributed by atoms with Crippen molar-refractivity contribution in [1.82, 2.24) is 9.97 Å². The molecule has 0 aliphatic carbocycles. The zero-order valence-electron chi connectivity index (χ0n) is 15.7. The van der Waals surface area contributed by atoms with Gasteiger partial charge in [0.25, 0.3) is 0 Å². The molecule has 0 saturated carbocycles. The maximum absolute atomic E-state index is 11.9. The Hall–Kier alpha value is -4.00. The third kappa shape index (κ3) is 3.84. The Balaban J connectivity index is 1.71. The van der Waals surface area contributed by atoms with Crippen molar-refractivity contribution in [2.24, 2.45) is 0 Å². The third-order valence-electron chi connectivity index (χ3n) is 4.70. The van der Waals surface area contributed by atoms with Gasteiger partial charge in [-0.2, -0.15) is 0 Å². The van der Waals surface area contributed by atoms with Gasteiger partial charge in [-0.1, -0.05) is 66.7 Å². The van der Waals surface area contributed by atoms with Crippen LogP contribution in [0.4, 0.5) is 23.0 Å². The summed E-state index contributed by atoms with van der Waals surface area (Å²) in [6, 6.07) is 23.1. The maximum atomic E-state index is 11.9. The number of hydrogen-bond donors (Lipinski definition) is 2. The standard InChI is InChI=1S/C22H19N5O2/c1-15(16-8-3-2-4-9-16)25-21-20(27(28)29)22(24-14-23-21)26-19-13-7-11-17-10-5-6-12-18(17)19/h2-15H,1H3,(H2,23,24,25,26). The fourth-order valence-corrected chi connectivity index (χ4v) is 3.24. The van der Waals surface area contributed by atoms with Gasteiger partial charge in [-0.15, -0.1) is 0 Å². The van der Waals surface area contributed by atoms with Crippen LogP contribution in [0.15, 0.2) is 79.1 Å². The van der Waals surface area contributed by atoms with Crippen molar-refractivity contribution in [3.05, 3.63) is 94.8 Å². The number of nitrogens with zero attached hydrogens (tertiary/aromatic N) is 3. The van der Waals surface area contributed by atoms with E-state index in [0.29, 0.717) is 0 Å². The number of aromatic nitrogens is 2. The van der Waals surface area contributed by atoms with Crippen molar-refractivity contribution < 1.29 is 4.92 Å². The van der Waals surface area contributed by atoms with Crippen LogP contribution in [0.3, 0.4) is 0 Å². The number of rotatable bonds is 6. The second-order valence-corrected chi connectivity index (χ2v) is 6.61. The van der Waals surface area contributed by atoms with Crippen molar-refractivity contribution in [3.8, 4) is 0 Å². The van der Waals surface area contributed by atoms with E-state index in [1.165, 1.54) is 6.33 Å². The number of nitro groups is 1. The molecule has 0 bridgehead atoms. The molecule has 0 amide bonds. The Morgan fingerprint density at radius 3 is 2.38 bits per heavy atom. The number of anilines is 3. The predicted octanol–water partition coefficient (Wildman–Crippen LogP) is 5.45. The second-order valence-electron chi connectivity index (χ2n) is 6.61. The van der Waals surface area contributed by atoms with Crippen LogP contribution in [0, 0.1) is 10.1 Å². The van der Waals surface area contributed by atoms with Crippen LogP contribution in [-0.4, -0.2) is 14.9 Å². The van der Waals surface area contributed by atoms with E-state index in [1.807, 2.05) is 79.7 Å². The SMILES string of the molecule is CC(Nc1ncnc(Nc2cccc3ccccc23)c1[N+](=O)[O-])c1ccccc1. The molecular weight excluding hydrogens is 366 g/mol. The minimum atomic E-state index is -0.465. The van der Waals surface area contributed by atoms with Crippen LogP contribution in [0.5, 0.6) is 0 Å². The Morgan fingerprint density at radius 1 is 0.897 bits per heavy atom. The van der Waals surface area contributed by atoms with Gasteiger partial charge in [0.1, 0.15) is 6.33 Å². The van der Waals surface area contributed by atoms with E-state index >= 15 is 0 Å². The van der Waals surface area contributed by atoms with Gasteiger partial charge in [0.2, 0.25) is 11.6 Å². The van der Waals surface area contributed by atoms with E-state index in [9.17, 15) is 10.1 Å². The molecule has 0 aliphatic rings. The average Bonchev–Trinajstić information content (AvgIpc) is 2.74. The molecule has 0 aliphatic heterocycles. The number of hydrogen-bond acceptors (Lipinski definition) is 6. The van der Waals surface area contributed by atoms with Gasteiger partial charge < -0.3 is 10.6 Å².